The molecule has 0 bridgehead atoms. The van der Waals surface area contributed by atoms with Crippen molar-refractivity contribution in [1.82, 2.24) is 0 Å². The zero-order valence-corrected chi connectivity index (χ0v) is 17.5. The van der Waals surface area contributed by atoms with Gasteiger partial charge in [0, 0.05) is 32.1 Å². The van der Waals surface area contributed by atoms with Crippen LogP contribution in [0.25, 0.3) is 0 Å². The first kappa shape index (κ1) is 21.2. The SMILES string of the molecule is Cc1cc(N(C)C)c2c(c1O)C(=O)C1C(=O)[C@]3(O)C(=O)C(C(N)=O)C(=O)C[C@@H]3C[C@@H]1C2. The number of amides is 1. The highest BCUT2D eigenvalue weighted by Crippen LogP contribution is 2.51. The van der Waals surface area contributed by atoms with Gasteiger partial charge in [0.25, 0.3) is 0 Å². The Labute approximate surface area is 178 Å². The van der Waals surface area contributed by atoms with Crippen molar-refractivity contribution in [1.29, 1.82) is 0 Å². The monoisotopic (exact) mass is 428 g/mol. The van der Waals surface area contributed by atoms with Crippen LogP contribution in [0.15, 0.2) is 6.07 Å². The van der Waals surface area contributed by atoms with Gasteiger partial charge in [0.2, 0.25) is 5.91 Å². The van der Waals surface area contributed by atoms with E-state index in [1.165, 1.54) is 0 Å². The predicted octanol–water partition coefficient (Wildman–Crippen LogP) is -0.299. The molecule has 3 aliphatic carbocycles. The number of primary amides is 1. The number of rotatable bonds is 2. The Hall–Kier alpha value is -3.07. The number of Topliss-reactive ketones (excluding diaryl/α,β-unsaturated/α-hetero) is 4. The first-order valence-corrected chi connectivity index (χ1v) is 10.1. The number of hydrogen-bond donors (Lipinski definition) is 3. The minimum atomic E-state index is -2.62. The maximum absolute atomic E-state index is 13.4. The van der Waals surface area contributed by atoms with Gasteiger partial charge in [0.05, 0.1) is 11.5 Å². The number of aliphatic hydroxyl groups is 1. The van der Waals surface area contributed by atoms with Crippen LogP contribution in [0.1, 0.15) is 34.3 Å². The third-order valence-electron chi connectivity index (χ3n) is 7.05. The van der Waals surface area contributed by atoms with Crippen LogP contribution in [-0.4, -0.2) is 58.9 Å². The number of carbonyl (C=O) groups excluding carboxylic acids is 5. The first-order valence-electron chi connectivity index (χ1n) is 10.1. The summed E-state index contributed by atoms with van der Waals surface area (Å²) < 4.78 is 0. The topological polar surface area (TPSA) is 155 Å². The van der Waals surface area contributed by atoms with Gasteiger partial charge in [-0.05, 0) is 42.9 Å². The Bertz CT molecular complexity index is 1080. The fraction of sp³-hybridized carbons (Fsp3) is 0.500. The van der Waals surface area contributed by atoms with E-state index in [1.807, 2.05) is 4.90 Å². The molecule has 1 aromatic carbocycles. The van der Waals surface area contributed by atoms with Gasteiger partial charge in [0.1, 0.15) is 5.75 Å². The molecular weight excluding hydrogens is 404 g/mol. The third kappa shape index (κ3) is 2.69. The van der Waals surface area contributed by atoms with Crippen molar-refractivity contribution in [2.45, 2.75) is 31.8 Å². The second kappa shape index (κ2) is 6.71. The lowest BCUT2D eigenvalue weighted by atomic mass is 9.53. The van der Waals surface area contributed by atoms with Gasteiger partial charge in [-0.2, -0.15) is 0 Å². The Balaban J connectivity index is 1.85. The number of nitrogens with two attached hydrogens (primary N) is 1. The van der Waals surface area contributed by atoms with Gasteiger partial charge in [0.15, 0.2) is 34.7 Å². The number of ketones is 4. The van der Waals surface area contributed by atoms with E-state index in [-0.39, 0.29) is 30.6 Å². The Morgan fingerprint density at radius 1 is 1.16 bits per heavy atom. The normalized spacial score (nSPS) is 32.3. The van der Waals surface area contributed by atoms with Crippen molar-refractivity contribution in [3.8, 4) is 5.75 Å². The van der Waals surface area contributed by atoms with E-state index in [4.69, 9.17) is 5.73 Å². The molecule has 0 aromatic heterocycles. The van der Waals surface area contributed by atoms with Crippen LogP contribution < -0.4 is 10.6 Å². The minimum absolute atomic E-state index is 0.0196. The molecule has 0 radical (unpaired) electrons. The molecule has 2 saturated carbocycles. The van der Waals surface area contributed by atoms with E-state index in [2.05, 4.69) is 0 Å². The van der Waals surface area contributed by atoms with Gasteiger partial charge >= 0.3 is 0 Å². The lowest BCUT2D eigenvalue weighted by Gasteiger charge is -2.48. The van der Waals surface area contributed by atoms with Crippen molar-refractivity contribution < 1.29 is 34.2 Å². The van der Waals surface area contributed by atoms with Crippen LogP contribution in [0.5, 0.6) is 5.75 Å². The molecule has 1 amide bonds. The van der Waals surface area contributed by atoms with E-state index >= 15 is 0 Å². The number of benzene rings is 1. The molecule has 2 unspecified atom stereocenters. The van der Waals surface area contributed by atoms with Crippen LogP contribution in [0, 0.1) is 30.6 Å². The first-order chi connectivity index (χ1) is 14.4. The Morgan fingerprint density at radius 2 is 1.81 bits per heavy atom. The van der Waals surface area contributed by atoms with Gasteiger partial charge in [-0.1, -0.05) is 0 Å². The fourth-order valence-electron chi connectivity index (χ4n) is 5.54. The van der Waals surface area contributed by atoms with Crippen LogP contribution in [-0.2, 0) is 25.6 Å². The molecule has 4 N–H and O–H groups in total. The summed E-state index contributed by atoms with van der Waals surface area (Å²) in [6.45, 7) is 1.64. The molecule has 3 aliphatic rings. The van der Waals surface area contributed by atoms with E-state index in [1.54, 1.807) is 27.1 Å². The van der Waals surface area contributed by atoms with Gasteiger partial charge in [-0.3, -0.25) is 24.0 Å². The number of aromatic hydroxyl groups is 1. The van der Waals surface area contributed by atoms with Crippen molar-refractivity contribution in [2.75, 3.05) is 19.0 Å². The molecule has 9 nitrogen and oxygen atoms in total. The number of aryl methyl sites for hydroxylation is 1. The molecule has 4 rings (SSSR count). The molecule has 31 heavy (non-hydrogen) atoms. The second-order valence-electron chi connectivity index (χ2n) is 9.05. The van der Waals surface area contributed by atoms with E-state index in [0.29, 0.717) is 11.1 Å². The molecule has 2 fully saturated rings. The maximum Gasteiger partial charge on any atom is 0.235 e. The molecular formula is C22H24N2O7. The molecule has 9 heteroatoms. The van der Waals surface area contributed by atoms with Gasteiger partial charge < -0.3 is 20.8 Å². The van der Waals surface area contributed by atoms with Crippen LogP contribution >= 0.6 is 0 Å². The van der Waals surface area contributed by atoms with Crippen molar-refractivity contribution in [3.63, 3.8) is 0 Å². The van der Waals surface area contributed by atoms with Crippen molar-refractivity contribution in [2.24, 2.45) is 29.4 Å². The number of hydrogen-bond acceptors (Lipinski definition) is 8. The van der Waals surface area contributed by atoms with Crippen LogP contribution in [0.2, 0.25) is 0 Å². The second-order valence-corrected chi connectivity index (χ2v) is 9.05. The molecule has 0 heterocycles. The summed E-state index contributed by atoms with van der Waals surface area (Å²) in [7, 11) is 3.60. The summed E-state index contributed by atoms with van der Waals surface area (Å²) in [6.07, 6.45) is 0.0150. The smallest absolute Gasteiger partial charge is 0.235 e. The zero-order chi connectivity index (χ0) is 23.0. The van der Waals surface area contributed by atoms with E-state index in [9.17, 15) is 34.2 Å². The van der Waals surface area contributed by atoms with Crippen LogP contribution in [0.3, 0.4) is 0 Å². The molecule has 164 valence electrons. The lowest BCUT2D eigenvalue weighted by Crippen LogP contribution is -2.68. The zero-order valence-electron chi connectivity index (χ0n) is 17.5. The maximum atomic E-state index is 13.4. The lowest BCUT2D eigenvalue weighted by molar-refractivity contribution is -0.175. The predicted molar refractivity (Wildman–Crippen MR) is 108 cm³/mol. The highest BCUT2D eigenvalue weighted by Gasteiger charge is 2.66. The largest absolute Gasteiger partial charge is 0.507 e. The summed E-state index contributed by atoms with van der Waals surface area (Å²) in [5.74, 6) is -9.89. The number of carbonyl (C=O) groups is 5. The van der Waals surface area contributed by atoms with Gasteiger partial charge in [-0.15, -0.1) is 0 Å². The van der Waals surface area contributed by atoms with Crippen LogP contribution in [0.4, 0.5) is 5.69 Å². The number of anilines is 1. The summed E-state index contributed by atoms with van der Waals surface area (Å²) >= 11 is 0. The molecule has 1 aromatic rings. The number of phenols is 1. The van der Waals surface area contributed by atoms with Gasteiger partial charge in [-0.25, -0.2) is 0 Å². The van der Waals surface area contributed by atoms with Crippen molar-refractivity contribution in [3.05, 3.63) is 22.8 Å². The number of fused-ring (bicyclic) bond motifs is 3. The Morgan fingerprint density at radius 3 is 2.39 bits per heavy atom. The summed E-state index contributed by atoms with van der Waals surface area (Å²) in [6, 6.07) is 1.76. The number of nitrogens with zero attached hydrogens (tertiary/aromatic N) is 1. The summed E-state index contributed by atoms with van der Waals surface area (Å²) in [5.41, 5.74) is 4.36. The molecule has 0 saturated heterocycles. The van der Waals surface area contributed by atoms with E-state index < -0.39 is 58.3 Å². The average Bonchev–Trinajstić information content (AvgIpc) is 2.66. The quantitative estimate of drug-likeness (QED) is 0.542. The highest BCUT2D eigenvalue weighted by atomic mass is 16.3. The molecule has 0 aliphatic heterocycles. The highest BCUT2D eigenvalue weighted by molar-refractivity contribution is 6.31. The average molecular weight is 428 g/mol. The third-order valence-corrected chi connectivity index (χ3v) is 7.05. The van der Waals surface area contributed by atoms with E-state index in [0.717, 1.165) is 5.69 Å². The standard InChI is InChI=1S/C22H24N2O7/c1-8-4-12(24(2)3)11-6-9-5-10-7-13(25)16(21(23)30)20(29)22(10,31)19(28)14(9)18(27)15(11)17(8)26/h4,9-10,14,16,26,31H,5-7H2,1-3H3,(H2,23,30)/t9-,10+,14?,16?,22+/m1/s1. The molecule has 5 atom stereocenters. The Kier molecular flexibility index (Phi) is 4.59. The number of phenolic OH excluding ortho intramolecular Hbond substituents is 1. The summed E-state index contributed by atoms with van der Waals surface area (Å²) in [4.78, 5) is 65.5. The minimum Gasteiger partial charge on any atom is -0.507 e. The summed E-state index contributed by atoms with van der Waals surface area (Å²) in [5, 5.41) is 21.8. The fourth-order valence-corrected chi connectivity index (χ4v) is 5.54. The van der Waals surface area contributed by atoms with Crippen molar-refractivity contribution >= 4 is 34.7 Å². The molecule has 0 spiro atoms.